The van der Waals surface area contributed by atoms with Gasteiger partial charge in [0.05, 0.1) is 17.0 Å². The second kappa shape index (κ2) is 9.84. The summed E-state index contributed by atoms with van der Waals surface area (Å²) in [6.07, 6.45) is 1.54. The molecule has 0 radical (unpaired) electrons. The summed E-state index contributed by atoms with van der Waals surface area (Å²) in [6, 6.07) is 8.43. The van der Waals surface area contributed by atoms with E-state index in [0.717, 1.165) is 16.7 Å². The highest BCUT2D eigenvalue weighted by atomic mass is 35.5. The van der Waals surface area contributed by atoms with E-state index in [0.29, 0.717) is 17.8 Å². The fourth-order valence-corrected chi connectivity index (χ4v) is 3.93. The Hall–Kier alpha value is -3.04. The van der Waals surface area contributed by atoms with Crippen molar-refractivity contribution in [2.24, 2.45) is 0 Å². The lowest BCUT2D eigenvalue weighted by atomic mass is 10.1. The molecule has 1 heterocycles. The third-order valence-electron chi connectivity index (χ3n) is 4.21. The maximum absolute atomic E-state index is 13.0. The number of nitrogens with zero attached hydrogens (tertiary/aromatic N) is 1. The van der Waals surface area contributed by atoms with Crippen LogP contribution in [-0.2, 0) is 9.59 Å². The predicted molar refractivity (Wildman–Crippen MR) is 117 cm³/mol. The number of ether oxygens (including phenoxy) is 2. The Bertz CT molecular complexity index is 1060. The van der Waals surface area contributed by atoms with Crippen LogP contribution in [0.5, 0.6) is 11.5 Å². The first-order valence-electron chi connectivity index (χ1n) is 9.13. The fourth-order valence-electron chi connectivity index (χ4n) is 2.76. The molecule has 2 aromatic rings. The van der Waals surface area contributed by atoms with Crippen molar-refractivity contribution in [1.29, 1.82) is 0 Å². The summed E-state index contributed by atoms with van der Waals surface area (Å²) < 4.78 is 23.8. The van der Waals surface area contributed by atoms with E-state index in [4.69, 9.17) is 21.1 Å². The Morgan fingerprint density at radius 3 is 2.58 bits per heavy atom. The minimum atomic E-state index is -0.470. The van der Waals surface area contributed by atoms with Crippen LogP contribution in [0.1, 0.15) is 12.5 Å². The zero-order valence-corrected chi connectivity index (χ0v) is 18.2. The summed E-state index contributed by atoms with van der Waals surface area (Å²) in [5.41, 5.74) is 0.955. The van der Waals surface area contributed by atoms with E-state index in [1.54, 1.807) is 19.1 Å². The van der Waals surface area contributed by atoms with E-state index in [1.807, 2.05) is 0 Å². The summed E-state index contributed by atoms with van der Waals surface area (Å²) in [5, 5.41) is 2.41. The molecule has 0 atom stereocenters. The summed E-state index contributed by atoms with van der Waals surface area (Å²) >= 11 is 7.15. The van der Waals surface area contributed by atoms with Crippen molar-refractivity contribution in [1.82, 2.24) is 4.90 Å². The minimum Gasteiger partial charge on any atom is -0.493 e. The van der Waals surface area contributed by atoms with Gasteiger partial charge in [0.2, 0.25) is 0 Å². The van der Waals surface area contributed by atoms with Gasteiger partial charge in [-0.25, -0.2) is 4.39 Å². The van der Waals surface area contributed by atoms with Crippen molar-refractivity contribution in [3.05, 3.63) is 57.7 Å². The maximum atomic E-state index is 13.0. The van der Waals surface area contributed by atoms with Gasteiger partial charge in [0.1, 0.15) is 5.82 Å². The van der Waals surface area contributed by atoms with Gasteiger partial charge in [-0.05, 0) is 66.7 Å². The summed E-state index contributed by atoms with van der Waals surface area (Å²) in [5.74, 6) is -0.849. The van der Waals surface area contributed by atoms with Gasteiger partial charge in [-0.3, -0.25) is 19.3 Å². The molecule has 1 aliphatic heterocycles. The molecule has 1 aliphatic rings. The summed E-state index contributed by atoms with van der Waals surface area (Å²) in [4.78, 5) is 37.6. The molecule has 1 saturated heterocycles. The van der Waals surface area contributed by atoms with E-state index in [2.05, 4.69) is 5.32 Å². The van der Waals surface area contributed by atoms with Gasteiger partial charge < -0.3 is 14.8 Å². The first kappa shape index (κ1) is 22.6. The van der Waals surface area contributed by atoms with E-state index >= 15 is 0 Å². The van der Waals surface area contributed by atoms with E-state index in [1.165, 1.54) is 37.4 Å². The quantitative estimate of drug-likeness (QED) is 0.604. The van der Waals surface area contributed by atoms with Crippen LogP contribution in [0.25, 0.3) is 6.08 Å². The molecule has 0 saturated carbocycles. The Kier molecular flexibility index (Phi) is 7.19. The average molecular weight is 465 g/mol. The lowest BCUT2D eigenvalue weighted by Crippen LogP contribution is -2.27. The third kappa shape index (κ3) is 5.36. The monoisotopic (exact) mass is 464 g/mol. The van der Waals surface area contributed by atoms with E-state index in [9.17, 15) is 18.8 Å². The molecule has 1 fully saturated rings. The molecule has 3 rings (SSSR count). The Morgan fingerprint density at radius 1 is 1.26 bits per heavy atom. The first-order valence-corrected chi connectivity index (χ1v) is 10.3. The number of likely N-dealkylation sites (N-methyl/N-ethyl adjacent to an activating group) is 1. The molecule has 7 nitrogen and oxygen atoms in total. The van der Waals surface area contributed by atoms with E-state index < -0.39 is 11.7 Å². The molecule has 0 aliphatic carbocycles. The number of anilines is 1. The fraction of sp³-hybridized carbons (Fsp3) is 0.190. The van der Waals surface area contributed by atoms with Gasteiger partial charge >= 0.3 is 0 Å². The second-order valence-electron chi connectivity index (χ2n) is 6.30. The maximum Gasteiger partial charge on any atom is 0.293 e. The van der Waals surface area contributed by atoms with Crippen molar-refractivity contribution in [3.63, 3.8) is 0 Å². The molecule has 1 N–H and O–H groups in total. The van der Waals surface area contributed by atoms with E-state index in [-0.39, 0.29) is 39.2 Å². The highest BCUT2D eigenvalue weighted by Gasteiger charge is 2.33. The number of imide groups is 1. The zero-order chi connectivity index (χ0) is 22.5. The predicted octanol–water partition coefficient (Wildman–Crippen LogP) is 4.56. The third-order valence-corrected chi connectivity index (χ3v) is 5.40. The van der Waals surface area contributed by atoms with Crippen molar-refractivity contribution in [3.8, 4) is 11.5 Å². The standard InChI is InChI=1S/C21H18ClFN2O5S/c1-3-25-20(27)17(31-21(25)28)10-12-8-15(22)19(16(9-12)29-2)30-11-18(26)24-14-6-4-13(23)5-7-14/h4-10H,3,11H2,1-2H3,(H,24,26)/b17-10+. The molecule has 0 spiro atoms. The number of rotatable bonds is 7. The normalized spacial score (nSPS) is 14.8. The van der Waals surface area contributed by atoms with Crippen molar-refractivity contribution in [2.75, 3.05) is 25.6 Å². The highest BCUT2D eigenvalue weighted by molar-refractivity contribution is 8.18. The number of carbonyl (C=O) groups excluding carboxylic acids is 3. The van der Waals surface area contributed by atoms with Crippen LogP contribution in [0.15, 0.2) is 41.3 Å². The summed E-state index contributed by atoms with van der Waals surface area (Å²) in [6.45, 7) is 1.65. The van der Waals surface area contributed by atoms with Crippen LogP contribution in [0.3, 0.4) is 0 Å². The lowest BCUT2D eigenvalue weighted by Gasteiger charge is -2.13. The number of hydrogen-bond donors (Lipinski definition) is 1. The van der Waals surface area contributed by atoms with Gasteiger partial charge in [0.15, 0.2) is 18.1 Å². The molecule has 3 amide bonds. The van der Waals surface area contributed by atoms with Gasteiger partial charge in [-0.15, -0.1) is 0 Å². The van der Waals surface area contributed by atoms with Gasteiger partial charge in [-0.1, -0.05) is 11.6 Å². The largest absolute Gasteiger partial charge is 0.493 e. The molecule has 31 heavy (non-hydrogen) atoms. The van der Waals surface area contributed by atoms with Crippen LogP contribution in [0, 0.1) is 5.82 Å². The topological polar surface area (TPSA) is 84.9 Å². The summed E-state index contributed by atoms with van der Waals surface area (Å²) in [7, 11) is 1.41. The molecular formula is C21H18ClFN2O5S. The van der Waals surface area contributed by atoms with Crippen LogP contribution >= 0.6 is 23.4 Å². The Morgan fingerprint density at radius 2 is 1.97 bits per heavy atom. The average Bonchev–Trinajstić information content (AvgIpc) is 3.00. The molecular weight excluding hydrogens is 447 g/mol. The number of thioether (sulfide) groups is 1. The molecule has 162 valence electrons. The SMILES string of the molecule is CCN1C(=O)S/C(=C/c2cc(Cl)c(OCC(=O)Nc3ccc(F)cc3)c(OC)c2)C1=O. The van der Waals surface area contributed by atoms with Crippen LogP contribution in [-0.4, -0.2) is 42.2 Å². The number of halogens is 2. The van der Waals surface area contributed by atoms with Gasteiger partial charge in [0.25, 0.3) is 17.1 Å². The van der Waals surface area contributed by atoms with Crippen molar-refractivity contribution in [2.45, 2.75) is 6.92 Å². The van der Waals surface area contributed by atoms with Gasteiger partial charge in [-0.2, -0.15) is 0 Å². The van der Waals surface area contributed by atoms with Crippen molar-refractivity contribution >= 4 is 52.2 Å². The number of hydrogen-bond acceptors (Lipinski definition) is 6. The number of methoxy groups -OCH3 is 1. The number of nitrogens with one attached hydrogen (secondary N) is 1. The smallest absolute Gasteiger partial charge is 0.293 e. The second-order valence-corrected chi connectivity index (χ2v) is 7.70. The Labute approximate surface area is 187 Å². The van der Waals surface area contributed by atoms with Gasteiger partial charge in [0, 0.05) is 12.2 Å². The highest BCUT2D eigenvalue weighted by Crippen LogP contribution is 2.39. The first-order chi connectivity index (χ1) is 14.8. The molecule has 0 unspecified atom stereocenters. The number of benzene rings is 2. The zero-order valence-electron chi connectivity index (χ0n) is 16.6. The Balaban J connectivity index is 1.73. The van der Waals surface area contributed by atoms with Crippen LogP contribution < -0.4 is 14.8 Å². The molecule has 0 aromatic heterocycles. The number of amides is 3. The van der Waals surface area contributed by atoms with Crippen LogP contribution in [0.2, 0.25) is 5.02 Å². The molecule has 10 heteroatoms. The van der Waals surface area contributed by atoms with Crippen LogP contribution in [0.4, 0.5) is 14.9 Å². The molecule has 0 bridgehead atoms. The number of carbonyl (C=O) groups is 3. The van der Waals surface area contributed by atoms with Crippen molar-refractivity contribution < 1.29 is 28.2 Å². The lowest BCUT2D eigenvalue weighted by molar-refractivity contribution is -0.122. The minimum absolute atomic E-state index is 0.150. The molecule has 2 aromatic carbocycles.